The maximum atomic E-state index is 11.5. The lowest BCUT2D eigenvalue weighted by atomic mass is 10.1. The predicted molar refractivity (Wildman–Crippen MR) is 89.6 cm³/mol. The van der Waals surface area contributed by atoms with Gasteiger partial charge < -0.3 is 21.1 Å². The van der Waals surface area contributed by atoms with E-state index in [0.29, 0.717) is 6.42 Å². The minimum atomic E-state index is -0.589. The fourth-order valence-corrected chi connectivity index (χ4v) is 2.08. The van der Waals surface area contributed by atoms with Crippen molar-refractivity contribution in [1.82, 2.24) is 5.32 Å². The van der Waals surface area contributed by atoms with Gasteiger partial charge in [0.25, 0.3) is 0 Å². The number of hydrogen-bond acceptors (Lipinski definition) is 4. The summed E-state index contributed by atoms with van der Waals surface area (Å²) in [5.41, 5.74) is 5.60. The number of nitrogens with two attached hydrogens (primary N) is 1. The lowest BCUT2D eigenvalue weighted by Gasteiger charge is -2.21. The number of benzene rings is 1. The van der Waals surface area contributed by atoms with E-state index in [9.17, 15) is 9.59 Å². The largest absolute Gasteiger partial charge is 0.444 e. The second-order valence-electron chi connectivity index (χ2n) is 5.80. The molecule has 0 spiro atoms. The first-order chi connectivity index (χ1) is 10.2. The Morgan fingerprint density at radius 3 is 2.50 bits per heavy atom. The molecule has 4 N–H and O–H groups in total. The highest BCUT2D eigenvalue weighted by Gasteiger charge is 2.18. The van der Waals surface area contributed by atoms with Gasteiger partial charge in [0.05, 0.1) is 0 Å². The van der Waals surface area contributed by atoms with E-state index in [1.54, 1.807) is 20.8 Å². The normalized spacial score (nSPS) is 12.4. The number of hydrogen-bond donors (Lipinski definition) is 3. The van der Waals surface area contributed by atoms with Gasteiger partial charge in [-0.2, -0.15) is 0 Å². The van der Waals surface area contributed by atoms with Crippen molar-refractivity contribution in [2.45, 2.75) is 38.8 Å². The molecule has 0 aromatic heterocycles. The molecule has 0 aliphatic heterocycles. The number of carbonyl (C=O) groups excluding carboxylic acids is 2. The van der Waals surface area contributed by atoms with Crippen molar-refractivity contribution in [3.63, 3.8) is 0 Å². The Morgan fingerprint density at radius 1 is 1.32 bits per heavy atom. The van der Waals surface area contributed by atoms with Gasteiger partial charge in [-0.25, -0.2) is 4.79 Å². The van der Waals surface area contributed by atoms with E-state index in [2.05, 4.69) is 26.6 Å². The van der Waals surface area contributed by atoms with E-state index < -0.39 is 23.6 Å². The first kappa shape index (κ1) is 18.3. The molecule has 1 unspecified atom stereocenters. The molecule has 0 saturated carbocycles. The maximum Gasteiger partial charge on any atom is 0.407 e. The Kier molecular flexibility index (Phi) is 6.67. The molecule has 1 aromatic carbocycles. The fraction of sp³-hybridized carbons (Fsp3) is 0.467. The Balaban J connectivity index is 2.51. The maximum absolute atomic E-state index is 11.5. The number of ether oxygens (including phenoxy) is 1. The standard InChI is InChI=1S/C15H22BrN3O3/c1-15(2,3)22-14(21)18-9-8-12(13(17)20)19-11-7-5-4-6-10(11)16/h4-7,12,19H,8-9H2,1-3H3,(H2,17,20)(H,18,21). The highest BCUT2D eigenvalue weighted by atomic mass is 79.9. The van der Waals surface area contributed by atoms with Gasteiger partial charge in [0.1, 0.15) is 11.6 Å². The van der Waals surface area contributed by atoms with Crippen LogP contribution in [0, 0.1) is 0 Å². The molecule has 2 amide bonds. The van der Waals surface area contributed by atoms with Crippen molar-refractivity contribution >= 4 is 33.6 Å². The van der Waals surface area contributed by atoms with Crippen LogP contribution in [0.25, 0.3) is 0 Å². The van der Waals surface area contributed by atoms with Crippen molar-refractivity contribution in [1.29, 1.82) is 0 Å². The zero-order chi connectivity index (χ0) is 16.8. The molecule has 6 nitrogen and oxygen atoms in total. The van der Waals surface area contributed by atoms with Crippen LogP contribution < -0.4 is 16.4 Å². The topological polar surface area (TPSA) is 93.4 Å². The van der Waals surface area contributed by atoms with Crippen LogP contribution in [0.3, 0.4) is 0 Å². The Hall–Kier alpha value is -1.76. The zero-order valence-electron chi connectivity index (χ0n) is 13.0. The summed E-state index contributed by atoms with van der Waals surface area (Å²) in [6.45, 7) is 5.63. The number of rotatable bonds is 6. The number of nitrogens with one attached hydrogen (secondary N) is 2. The van der Waals surface area contributed by atoms with Crippen LogP contribution in [0.15, 0.2) is 28.7 Å². The van der Waals surface area contributed by atoms with Crippen molar-refractivity contribution < 1.29 is 14.3 Å². The van der Waals surface area contributed by atoms with Crippen LogP contribution in [0.1, 0.15) is 27.2 Å². The smallest absolute Gasteiger partial charge is 0.407 e. The molecule has 0 radical (unpaired) electrons. The fourth-order valence-electron chi connectivity index (χ4n) is 1.68. The van der Waals surface area contributed by atoms with Crippen molar-refractivity contribution in [2.24, 2.45) is 5.73 Å². The van der Waals surface area contributed by atoms with Crippen LogP contribution in [0.2, 0.25) is 0 Å². The number of alkyl carbamates (subject to hydrolysis) is 1. The van der Waals surface area contributed by atoms with Gasteiger partial charge in [-0.1, -0.05) is 12.1 Å². The van der Waals surface area contributed by atoms with Crippen LogP contribution in [-0.2, 0) is 9.53 Å². The number of halogens is 1. The van der Waals surface area contributed by atoms with E-state index >= 15 is 0 Å². The van der Waals surface area contributed by atoms with E-state index in [1.807, 2.05) is 24.3 Å². The first-order valence-corrected chi connectivity index (χ1v) is 7.75. The number of amides is 2. The monoisotopic (exact) mass is 371 g/mol. The molecule has 1 atom stereocenters. The minimum absolute atomic E-state index is 0.278. The third-order valence-corrected chi connectivity index (χ3v) is 3.34. The van der Waals surface area contributed by atoms with E-state index in [0.717, 1.165) is 10.2 Å². The predicted octanol–water partition coefficient (Wildman–Crippen LogP) is 2.63. The van der Waals surface area contributed by atoms with Crippen molar-refractivity contribution in [2.75, 3.05) is 11.9 Å². The molecular formula is C15H22BrN3O3. The summed E-state index contributed by atoms with van der Waals surface area (Å²) in [6.07, 6.45) is -0.160. The highest BCUT2D eigenvalue weighted by Crippen LogP contribution is 2.22. The van der Waals surface area contributed by atoms with E-state index in [4.69, 9.17) is 10.5 Å². The molecule has 0 aliphatic rings. The van der Waals surface area contributed by atoms with Gasteiger partial charge in [-0.3, -0.25) is 4.79 Å². The van der Waals surface area contributed by atoms with Gasteiger partial charge in [0, 0.05) is 16.7 Å². The van der Waals surface area contributed by atoms with Crippen molar-refractivity contribution in [3.8, 4) is 0 Å². The third kappa shape index (κ3) is 6.80. The Bertz CT molecular complexity index is 529. The molecule has 122 valence electrons. The molecule has 0 aliphatic carbocycles. The molecule has 0 bridgehead atoms. The summed E-state index contributed by atoms with van der Waals surface area (Å²) < 4.78 is 5.96. The van der Waals surface area contributed by atoms with E-state index in [1.165, 1.54) is 0 Å². The van der Waals surface area contributed by atoms with Gasteiger partial charge >= 0.3 is 6.09 Å². The van der Waals surface area contributed by atoms with Crippen LogP contribution in [-0.4, -0.2) is 30.2 Å². The van der Waals surface area contributed by atoms with Crippen LogP contribution in [0.5, 0.6) is 0 Å². The Labute approximate surface area is 138 Å². The molecule has 22 heavy (non-hydrogen) atoms. The number of anilines is 1. The Morgan fingerprint density at radius 2 is 1.95 bits per heavy atom. The van der Waals surface area contributed by atoms with Gasteiger partial charge in [0.15, 0.2) is 0 Å². The SMILES string of the molecule is CC(C)(C)OC(=O)NCCC(Nc1ccccc1Br)C(N)=O. The first-order valence-electron chi connectivity index (χ1n) is 6.96. The summed E-state index contributed by atoms with van der Waals surface area (Å²) in [5.74, 6) is -0.484. The summed E-state index contributed by atoms with van der Waals surface area (Å²) in [5, 5.41) is 5.66. The summed E-state index contributed by atoms with van der Waals surface area (Å²) in [4.78, 5) is 23.1. The van der Waals surface area contributed by atoms with Crippen LogP contribution >= 0.6 is 15.9 Å². The molecule has 1 rings (SSSR count). The average molecular weight is 372 g/mol. The lowest BCUT2D eigenvalue weighted by molar-refractivity contribution is -0.118. The number of para-hydroxylation sites is 1. The molecule has 0 heterocycles. The molecule has 7 heteroatoms. The summed E-state index contributed by atoms with van der Waals surface area (Å²) in [7, 11) is 0. The average Bonchev–Trinajstić information content (AvgIpc) is 2.37. The zero-order valence-corrected chi connectivity index (χ0v) is 14.6. The molecule has 1 aromatic rings. The highest BCUT2D eigenvalue weighted by molar-refractivity contribution is 9.10. The van der Waals surface area contributed by atoms with Crippen molar-refractivity contribution in [3.05, 3.63) is 28.7 Å². The number of carbonyl (C=O) groups is 2. The second kappa shape index (κ2) is 8.03. The minimum Gasteiger partial charge on any atom is -0.444 e. The van der Waals surface area contributed by atoms with E-state index in [-0.39, 0.29) is 6.54 Å². The summed E-state index contributed by atoms with van der Waals surface area (Å²) in [6, 6.07) is 6.83. The second-order valence-corrected chi connectivity index (χ2v) is 6.65. The van der Waals surface area contributed by atoms with Gasteiger partial charge in [0.2, 0.25) is 5.91 Å². The van der Waals surface area contributed by atoms with Gasteiger partial charge in [-0.05, 0) is 55.3 Å². The summed E-state index contributed by atoms with van der Waals surface area (Å²) >= 11 is 3.39. The molecule has 0 fully saturated rings. The molecule has 0 saturated heterocycles. The van der Waals surface area contributed by atoms with Crippen LogP contribution in [0.4, 0.5) is 10.5 Å². The third-order valence-electron chi connectivity index (χ3n) is 2.65. The lowest BCUT2D eigenvalue weighted by Crippen LogP contribution is -2.40. The molecular weight excluding hydrogens is 350 g/mol. The quantitative estimate of drug-likeness (QED) is 0.716. The van der Waals surface area contributed by atoms with Gasteiger partial charge in [-0.15, -0.1) is 0 Å². The number of primary amides is 1.